The van der Waals surface area contributed by atoms with Crippen LogP contribution in [0.4, 0.5) is 0 Å². The summed E-state index contributed by atoms with van der Waals surface area (Å²) in [5, 5.41) is 0.768. The van der Waals surface area contributed by atoms with Crippen LogP contribution in [0.25, 0.3) is 17.0 Å². The fraction of sp³-hybridized carbons (Fsp3) is 0.148. The lowest BCUT2D eigenvalue weighted by molar-refractivity contribution is 0.104. The maximum atomic E-state index is 13.4. The molecule has 0 spiro atoms. The number of allylic oxidation sites excluding steroid dienone is 1. The molecule has 0 radical (unpaired) electrons. The van der Waals surface area contributed by atoms with Crippen LogP contribution in [0.3, 0.4) is 0 Å². The summed E-state index contributed by atoms with van der Waals surface area (Å²) in [6, 6.07) is 23.4. The third kappa shape index (κ3) is 4.43. The minimum absolute atomic E-state index is 0.133. The molecule has 0 bridgehead atoms. The van der Waals surface area contributed by atoms with E-state index in [0.29, 0.717) is 22.6 Å². The Morgan fingerprint density at radius 2 is 1.56 bits per heavy atom. The van der Waals surface area contributed by atoms with Crippen LogP contribution in [-0.4, -0.2) is 18.2 Å². The second kappa shape index (κ2) is 8.97. The van der Waals surface area contributed by atoms with Crippen molar-refractivity contribution >= 4 is 32.8 Å². The molecule has 0 N–H and O–H groups in total. The predicted octanol–water partition coefficient (Wildman–Crippen LogP) is 5.97. The first-order chi connectivity index (χ1) is 15.4. The highest BCUT2D eigenvalue weighted by molar-refractivity contribution is 7.90. The summed E-state index contributed by atoms with van der Waals surface area (Å²) in [6.07, 6.45) is 5.64. The van der Waals surface area contributed by atoms with Crippen molar-refractivity contribution in [1.82, 2.24) is 3.97 Å². The van der Waals surface area contributed by atoms with E-state index < -0.39 is 10.0 Å². The lowest BCUT2D eigenvalue weighted by atomic mass is 10.0. The molecule has 5 heteroatoms. The molecule has 4 nitrogen and oxygen atoms in total. The monoisotopic (exact) mass is 443 g/mol. The Balaban J connectivity index is 1.72. The molecule has 0 saturated heterocycles. The molecule has 1 heterocycles. The van der Waals surface area contributed by atoms with Crippen molar-refractivity contribution < 1.29 is 13.2 Å². The van der Waals surface area contributed by atoms with Gasteiger partial charge in [-0.3, -0.25) is 4.79 Å². The minimum Gasteiger partial charge on any atom is -0.289 e. The summed E-state index contributed by atoms with van der Waals surface area (Å²) in [7, 11) is -3.78. The van der Waals surface area contributed by atoms with E-state index in [9.17, 15) is 13.2 Å². The molecule has 0 aliphatic carbocycles. The smallest absolute Gasteiger partial charge is 0.268 e. The van der Waals surface area contributed by atoms with Gasteiger partial charge in [-0.15, -0.1) is 0 Å². The zero-order valence-corrected chi connectivity index (χ0v) is 18.9. The van der Waals surface area contributed by atoms with Crippen LogP contribution >= 0.6 is 0 Å². The van der Waals surface area contributed by atoms with E-state index in [1.807, 2.05) is 48.5 Å². The average Bonchev–Trinajstić information content (AvgIpc) is 3.17. The fourth-order valence-electron chi connectivity index (χ4n) is 3.75. The van der Waals surface area contributed by atoms with Crippen molar-refractivity contribution in [2.75, 3.05) is 0 Å². The first-order valence-electron chi connectivity index (χ1n) is 10.6. The van der Waals surface area contributed by atoms with Gasteiger partial charge in [0.15, 0.2) is 5.78 Å². The molecule has 32 heavy (non-hydrogen) atoms. The number of aromatic nitrogens is 1. The van der Waals surface area contributed by atoms with Crippen molar-refractivity contribution in [3.8, 4) is 0 Å². The van der Waals surface area contributed by atoms with Gasteiger partial charge < -0.3 is 0 Å². The van der Waals surface area contributed by atoms with Crippen molar-refractivity contribution in [3.05, 3.63) is 108 Å². The highest BCUT2D eigenvalue weighted by Crippen LogP contribution is 2.27. The van der Waals surface area contributed by atoms with Gasteiger partial charge in [0, 0.05) is 22.7 Å². The molecule has 4 aromatic rings. The number of benzene rings is 3. The molecule has 0 saturated carbocycles. The van der Waals surface area contributed by atoms with Crippen LogP contribution in [0, 0.1) is 5.92 Å². The van der Waals surface area contributed by atoms with Crippen LogP contribution in [0.1, 0.15) is 35.3 Å². The maximum absolute atomic E-state index is 13.4. The summed E-state index contributed by atoms with van der Waals surface area (Å²) in [5.74, 6) is 0.366. The standard InChI is InChI=1S/C27H25NO3S/c1-20(2)18-21-12-15-24(16-13-21)32(30,31)28-19-23(25-10-6-7-11-26(25)28)14-17-27(29)22-8-4-3-5-9-22/h3-17,19-20H,18H2,1-2H3/b17-14+. The van der Waals surface area contributed by atoms with E-state index in [1.54, 1.807) is 42.6 Å². The lowest BCUT2D eigenvalue weighted by Crippen LogP contribution is -2.12. The average molecular weight is 444 g/mol. The Kier molecular flexibility index (Phi) is 6.10. The summed E-state index contributed by atoms with van der Waals surface area (Å²) >= 11 is 0. The van der Waals surface area contributed by atoms with Crippen LogP contribution < -0.4 is 0 Å². The van der Waals surface area contributed by atoms with Gasteiger partial charge in [-0.05, 0) is 48.3 Å². The zero-order valence-electron chi connectivity index (χ0n) is 18.1. The van der Waals surface area contributed by atoms with Crippen LogP contribution in [0.5, 0.6) is 0 Å². The van der Waals surface area contributed by atoms with E-state index in [2.05, 4.69) is 13.8 Å². The highest BCUT2D eigenvalue weighted by Gasteiger charge is 2.20. The molecule has 162 valence electrons. The molecule has 3 aromatic carbocycles. The van der Waals surface area contributed by atoms with E-state index in [0.717, 1.165) is 17.4 Å². The zero-order chi connectivity index (χ0) is 22.7. The summed E-state index contributed by atoms with van der Waals surface area (Å²) in [5.41, 5.74) is 2.94. The van der Waals surface area contributed by atoms with Crippen molar-refractivity contribution in [1.29, 1.82) is 0 Å². The third-order valence-electron chi connectivity index (χ3n) is 5.31. The predicted molar refractivity (Wildman–Crippen MR) is 129 cm³/mol. The Labute approximate surface area is 188 Å². The third-order valence-corrected chi connectivity index (χ3v) is 6.99. The minimum atomic E-state index is -3.78. The quantitative estimate of drug-likeness (QED) is 0.261. The van der Waals surface area contributed by atoms with Crippen molar-refractivity contribution in [2.24, 2.45) is 5.92 Å². The number of ketones is 1. The van der Waals surface area contributed by atoms with Crippen LogP contribution in [0.15, 0.2) is 96.0 Å². The molecule has 0 aliphatic heterocycles. The normalized spacial score (nSPS) is 12.1. The molecule has 0 fully saturated rings. The Bertz CT molecular complexity index is 1380. The number of rotatable bonds is 7. The van der Waals surface area contributed by atoms with E-state index in [-0.39, 0.29) is 10.7 Å². The van der Waals surface area contributed by atoms with Gasteiger partial charge in [0.25, 0.3) is 10.0 Å². The first kappa shape index (κ1) is 21.8. The van der Waals surface area contributed by atoms with Gasteiger partial charge in [0.05, 0.1) is 10.4 Å². The number of carbonyl (C=O) groups is 1. The number of hydrogen-bond donors (Lipinski definition) is 0. The van der Waals surface area contributed by atoms with E-state index in [1.165, 1.54) is 10.0 Å². The molecule has 0 atom stereocenters. The fourth-order valence-corrected chi connectivity index (χ4v) is 5.13. The number of carbonyl (C=O) groups excluding carboxylic acids is 1. The van der Waals surface area contributed by atoms with Gasteiger partial charge in [-0.1, -0.05) is 74.5 Å². The molecule has 1 aromatic heterocycles. The molecule has 0 aliphatic rings. The molecular formula is C27H25NO3S. The second-order valence-electron chi connectivity index (χ2n) is 8.21. The van der Waals surface area contributed by atoms with Crippen molar-refractivity contribution in [2.45, 2.75) is 25.2 Å². The topological polar surface area (TPSA) is 56.1 Å². The largest absolute Gasteiger partial charge is 0.289 e. The molecular weight excluding hydrogens is 418 g/mol. The Morgan fingerprint density at radius 1 is 0.906 bits per heavy atom. The second-order valence-corrected chi connectivity index (χ2v) is 10.0. The van der Waals surface area contributed by atoms with E-state index in [4.69, 9.17) is 0 Å². The van der Waals surface area contributed by atoms with E-state index >= 15 is 0 Å². The summed E-state index contributed by atoms with van der Waals surface area (Å²) in [6.45, 7) is 4.27. The highest BCUT2D eigenvalue weighted by atomic mass is 32.2. The number of fused-ring (bicyclic) bond motifs is 1. The van der Waals surface area contributed by atoms with Gasteiger partial charge in [0.1, 0.15) is 0 Å². The van der Waals surface area contributed by atoms with Gasteiger partial charge in [-0.25, -0.2) is 12.4 Å². The molecule has 0 amide bonds. The number of para-hydroxylation sites is 1. The first-order valence-corrected chi connectivity index (χ1v) is 12.0. The van der Waals surface area contributed by atoms with Crippen LogP contribution in [0.2, 0.25) is 0 Å². The van der Waals surface area contributed by atoms with Gasteiger partial charge in [0.2, 0.25) is 0 Å². The van der Waals surface area contributed by atoms with Crippen molar-refractivity contribution in [3.63, 3.8) is 0 Å². The summed E-state index contributed by atoms with van der Waals surface area (Å²) < 4.78 is 28.2. The lowest BCUT2D eigenvalue weighted by Gasteiger charge is -2.09. The molecule has 4 rings (SSSR count). The Hall–Kier alpha value is -3.44. The SMILES string of the molecule is CC(C)Cc1ccc(S(=O)(=O)n2cc(/C=C/C(=O)c3ccccc3)c3ccccc32)cc1. The number of hydrogen-bond acceptors (Lipinski definition) is 3. The number of nitrogens with zero attached hydrogens (tertiary/aromatic N) is 1. The molecule has 0 unspecified atom stereocenters. The van der Waals surface area contributed by atoms with Crippen LogP contribution in [-0.2, 0) is 16.4 Å². The van der Waals surface area contributed by atoms with Gasteiger partial charge >= 0.3 is 0 Å². The maximum Gasteiger partial charge on any atom is 0.268 e. The Morgan fingerprint density at radius 3 is 2.25 bits per heavy atom. The summed E-state index contributed by atoms with van der Waals surface area (Å²) in [4.78, 5) is 12.7. The van der Waals surface area contributed by atoms with Gasteiger partial charge in [-0.2, -0.15) is 0 Å².